The van der Waals surface area contributed by atoms with Gasteiger partial charge in [-0.05, 0) is 81.8 Å². The van der Waals surface area contributed by atoms with Crippen molar-refractivity contribution in [3.63, 3.8) is 0 Å². The minimum absolute atomic E-state index is 0.0209. The molecule has 0 unspecified atom stereocenters. The van der Waals surface area contributed by atoms with Gasteiger partial charge in [0.2, 0.25) is 0 Å². The highest BCUT2D eigenvalue weighted by Crippen LogP contribution is 2.21. The summed E-state index contributed by atoms with van der Waals surface area (Å²) in [5, 5.41) is 0.671. The molecule has 188 valence electrons. The number of carbonyl (C=O) groups excluding carboxylic acids is 1. The van der Waals surface area contributed by atoms with Crippen molar-refractivity contribution < 1.29 is 14.3 Å². The number of rotatable bonds is 12. The van der Waals surface area contributed by atoms with Crippen LogP contribution in [0.5, 0.6) is 5.75 Å². The third-order valence-electron chi connectivity index (χ3n) is 5.78. The molecule has 35 heavy (non-hydrogen) atoms. The van der Waals surface area contributed by atoms with Gasteiger partial charge in [-0.25, -0.2) is 9.59 Å². The van der Waals surface area contributed by atoms with E-state index in [1.165, 1.54) is 5.56 Å². The molecule has 0 atom stereocenters. The van der Waals surface area contributed by atoms with Gasteiger partial charge in [0.25, 0.3) is 0 Å². The summed E-state index contributed by atoms with van der Waals surface area (Å²) >= 11 is 6.11. The summed E-state index contributed by atoms with van der Waals surface area (Å²) in [5.41, 5.74) is 2.21. The lowest BCUT2D eigenvalue weighted by Crippen LogP contribution is -2.39. The van der Waals surface area contributed by atoms with Crippen molar-refractivity contribution in [1.29, 1.82) is 0 Å². The van der Waals surface area contributed by atoms with Crippen LogP contribution in [-0.2, 0) is 35.5 Å². The van der Waals surface area contributed by atoms with E-state index in [1.54, 1.807) is 25.3 Å². The van der Waals surface area contributed by atoms with E-state index in [2.05, 4.69) is 6.92 Å². The van der Waals surface area contributed by atoms with Crippen LogP contribution < -0.4 is 10.4 Å². The molecule has 3 aromatic rings. The first-order valence-electron chi connectivity index (χ1n) is 12.2. The van der Waals surface area contributed by atoms with Gasteiger partial charge in [-0.15, -0.1) is 0 Å². The summed E-state index contributed by atoms with van der Waals surface area (Å²) in [5.74, 6) is 0.242. The van der Waals surface area contributed by atoms with Crippen LogP contribution in [-0.4, -0.2) is 27.3 Å². The number of imidazole rings is 1. The third-order valence-corrected chi connectivity index (χ3v) is 6.01. The average molecular weight is 499 g/mol. The highest BCUT2D eigenvalue weighted by Gasteiger charge is 2.31. The van der Waals surface area contributed by atoms with Crippen LogP contribution in [0.15, 0.2) is 59.5 Å². The smallest absolute Gasteiger partial charge is 0.349 e. The van der Waals surface area contributed by atoms with E-state index >= 15 is 0 Å². The summed E-state index contributed by atoms with van der Waals surface area (Å²) in [7, 11) is 0. The topological polar surface area (TPSA) is 62.5 Å². The number of benzene rings is 2. The van der Waals surface area contributed by atoms with Gasteiger partial charge in [-0.2, -0.15) is 0 Å². The fraction of sp³-hybridized carbons (Fsp3) is 0.429. The molecule has 0 N–H and O–H groups in total. The maximum Gasteiger partial charge on any atom is 0.349 e. The number of halogens is 1. The standard InChI is InChI=1S/C28H35ClN2O4/c1-5-17-31-24(20-30(27(31)33)19-22-10-7-11-23(29)18-22)12-8-9-21-13-15-25(16-14-21)35-28(3,4)26(32)34-6-2/h7,10-11,13-16,18,20H,5-6,8-9,12,17,19H2,1-4H3. The van der Waals surface area contributed by atoms with Gasteiger partial charge in [-0.1, -0.05) is 42.8 Å². The second-order valence-corrected chi connectivity index (χ2v) is 9.58. The predicted molar refractivity (Wildman–Crippen MR) is 139 cm³/mol. The molecule has 0 saturated carbocycles. The van der Waals surface area contributed by atoms with Gasteiger partial charge in [0.05, 0.1) is 13.2 Å². The fourth-order valence-corrected chi connectivity index (χ4v) is 4.24. The molecule has 0 aliphatic rings. The number of esters is 1. The van der Waals surface area contributed by atoms with Crippen LogP contribution in [0.4, 0.5) is 0 Å². The van der Waals surface area contributed by atoms with E-state index in [1.807, 2.05) is 59.3 Å². The van der Waals surface area contributed by atoms with Crippen LogP contribution in [0.3, 0.4) is 0 Å². The lowest BCUT2D eigenvalue weighted by atomic mass is 10.1. The summed E-state index contributed by atoms with van der Waals surface area (Å²) in [6.07, 6.45) is 5.48. The molecule has 7 heteroatoms. The number of hydrogen-bond donors (Lipinski definition) is 0. The first-order valence-corrected chi connectivity index (χ1v) is 12.6. The van der Waals surface area contributed by atoms with Crippen LogP contribution in [0.1, 0.15) is 57.4 Å². The molecule has 0 aliphatic heterocycles. The predicted octanol–water partition coefficient (Wildman–Crippen LogP) is 5.66. The van der Waals surface area contributed by atoms with Crippen LogP contribution in [0, 0.1) is 0 Å². The van der Waals surface area contributed by atoms with Gasteiger partial charge in [0.15, 0.2) is 5.60 Å². The Morgan fingerprint density at radius 2 is 1.77 bits per heavy atom. The highest BCUT2D eigenvalue weighted by molar-refractivity contribution is 6.30. The second-order valence-electron chi connectivity index (χ2n) is 9.14. The van der Waals surface area contributed by atoms with Crippen LogP contribution >= 0.6 is 11.6 Å². The molecule has 0 bridgehead atoms. The molecule has 0 fully saturated rings. The molecule has 0 saturated heterocycles. The highest BCUT2D eigenvalue weighted by atomic mass is 35.5. The van der Waals surface area contributed by atoms with Crippen molar-refractivity contribution in [3.05, 3.63) is 87.1 Å². The minimum Gasteiger partial charge on any atom is -0.476 e. The SMILES string of the molecule is CCCn1c(CCCc2ccc(OC(C)(C)C(=O)OCC)cc2)cn(Cc2cccc(Cl)c2)c1=O. The minimum atomic E-state index is -1.04. The molecular formula is C28H35ClN2O4. The average Bonchev–Trinajstić information content (AvgIpc) is 3.09. The fourth-order valence-electron chi connectivity index (χ4n) is 4.03. The largest absolute Gasteiger partial charge is 0.476 e. The van der Waals surface area contributed by atoms with E-state index in [0.29, 0.717) is 30.5 Å². The Kier molecular flexibility index (Phi) is 9.21. The number of aromatic nitrogens is 2. The van der Waals surface area contributed by atoms with Crippen LogP contribution in [0.25, 0.3) is 0 Å². The first-order chi connectivity index (χ1) is 16.7. The summed E-state index contributed by atoms with van der Waals surface area (Å²) < 4.78 is 14.6. The van der Waals surface area contributed by atoms with Gasteiger partial charge in [-0.3, -0.25) is 9.13 Å². The Bertz CT molecular complexity index is 1180. The third kappa shape index (κ3) is 7.25. The number of nitrogens with zero attached hydrogens (tertiary/aromatic N) is 2. The molecule has 3 rings (SSSR count). The number of aryl methyl sites for hydroxylation is 2. The zero-order valence-electron chi connectivity index (χ0n) is 21.1. The summed E-state index contributed by atoms with van der Waals surface area (Å²) in [6.45, 7) is 8.79. The molecule has 6 nitrogen and oxygen atoms in total. The van der Waals surface area contributed by atoms with Crippen molar-refractivity contribution in [2.24, 2.45) is 0 Å². The zero-order chi connectivity index (χ0) is 25.4. The normalized spacial score (nSPS) is 11.5. The van der Waals surface area contributed by atoms with E-state index in [0.717, 1.165) is 36.9 Å². The maximum atomic E-state index is 13.0. The molecule has 2 aromatic carbocycles. The van der Waals surface area contributed by atoms with E-state index in [-0.39, 0.29) is 11.7 Å². The van der Waals surface area contributed by atoms with Crippen LogP contribution in [0.2, 0.25) is 5.02 Å². The van der Waals surface area contributed by atoms with Crippen molar-refractivity contribution >= 4 is 17.6 Å². The van der Waals surface area contributed by atoms with Crippen molar-refractivity contribution in [2.75, 3.05) is 6.61 Å². The lowest BCUT2D eigenvalue weighted by Gasteiger charge is -2.24. The number of hydrogen-bond acceptors (Lipinski definition) is 4. The van der Waals surface area contributed by atoms with Gasteiger partial charge >= 0.3 is 11.7 Å². The van der Waals surface area contributed by atoms with E-state index in [9.17, 15) is 9.59 Å². The van der Waals surface area contributed by atoms with Gasteiger partial charge in [0.1, 0.15) is 5.75 Å². The van der Waals surface area contributed by atoms with Gasteiger partial charge < -0.3 is 9.47 Å². The molecule has 1 aromatic heterocycles. The van der Waals surface area contributed by atoms with Crippen molar-refractivity contribution in [1.82, 2.24) is 9.13 Å². The lowest BCUT2D eigenvalue weighted by molar-refractivity contribution is -0.158. The molecule has 0 radical (unpaired) electrons. The first kappa shape index (κ1) is 26.6. The second kappa shape index (κ2) is 12.1. The zero-order valence-corrected chi connectivity index (χ0v) is 21.8. The summed E-state index contributed by atoms with van der Waals surface area (Å²) in [6, 6.07) is 15.4. The molecular weight excluding hydrogens is 464 g/mol. The molecule has 1 heterocycles. The van der Waals surface area contributed by atoms with Gasteiger partial charge in [0, 0.05) is 23.5 Å². The molecule has 0 amide bonds. The Balaban J connectivity index is 1.62. The maximum absolute atomic E-state index is 13.0. The number of carbonyl (C=O) groups is 1. The molecule has 0 aliphatic carbocycles. The van der Waals surface area contributed by atoms with E-state index in [4.69, 9.17) is 21.1 Å². The van der Waals surface area contributed by atoms with E-state index < -0.39 is 5.60 Å². The Labute approximate surface area is 212 Å². The van der Waals surface area contributed by atoms with Crippen molar-refractivity contribution in [2.45, 2.75) is 72.1 Å². The Morgan fingerprint density at radius 1 is 1.03 bits per heavy atom. The Hall–Kier alpha value is -2.99. The number of ether oxygens (including phenoxy) is 2. The quantitative estimate of drug-likeness (QED) is 0.302. The molecule has 0 spiro atoms. The monoisotopic (exact) mass is 498 g/mol. The van der Waals surface area contributed by atoms with Crippen molar-refractivity contribution in [3.8, 4) is 5.75 Å². The Morgan fingerprint density at radius 3 is 2.43 bits per heavy atom. The summed E-state index contributed by atoms with van der Waals surface area (Å²) in [4.78, 5) is 25.0.